The van der Waals surface area contributed by atoms with Gasteiger partial charge in [-0.1, -0.05) is 6.08 Å². The lowest BCUT2D eigenvalue weighted by atomic mass is 10.1. The quantitative estimate of drug-likeness (QED) is 0.578. The smallest absolute Gasteiger partial charge is 0.226 e. The van der Waals surface area contributed by atoms with E-state index in [1.165, 1.54) is 10.9 Å². The van der Waals surface area contributed by atoms with Crippen LogP contribution in [-0.2, 0) is 4.74 Å². The largest absolute Gasteiger partial charge is 0.394 e. The number of fused-ring (bicyclic) bond motifs is 1. The Balaban J connectivity index is 1.73. The molecule has 4 rings (SSSR count). The number of aromatic nitrogens is 4. The minimum absolute atomic E-state index is 0.0297. The van der Waals surface area contributed by atoms with Crippen LogP contribution in [0.2, 0.25) is 5.28 Å². The Kier molecular flexibility index (Phi) is 4.34. The second-order valence-electron chi connectivity index (χ2n) is 6.14. The van der Waals surface area contributed by atoms with E-state index in [4.69, 9.17) is 16.3 Å². The predicted octanol–water partition coefficient (Wildman–Crippen LogP) is 0.571. The second-order valence-corrected chi connectivity index (χ2v) is 6.48. The van der Waals surface area contributed by atoms with Crippen molar-refractivity contribution >= 4 is 28.6 Å². The SMILES string of the molecule is OC[C@H]1O[C@@H](n2cnc3c(NC4=CCCC4)nc(Cl)nc32)[C@H](O)[C@@H]1O. The molecule has 0 aromatic carbocycles. The molecule has 0 radical (unpaired) electrons. The Morgan fingerprint density at radius 3 is 2.84 bits per heavy atom. The maximum Gasteiger partial charge on any atom is 0.226 e. The number of aliphatic hydroxyl groups is 3. The number of nitrogens with one attached hydrogen (secondary N) is 1. The van der Waals surface area contributed by atoms with Gasteiger partial charge in [0, 0.05) is 5.70 Å². The van der Waals surface area contributed by atoms with Gasteiger partial charge in [0.1, 0.15) is 18.3 Å². The fourth-order valence-corrected chi connectivity index (χ4v) is 3.37. The number of hydrogen-bond acceptors (Lipinski definition) is 8. The number of halogens is 1. The van der Waals surface area contributed by atoms with E-state index in [2.05, 4.69) is 26.3 Å². The van der Waals surface area contributed by atoms with Gasteiger partial charge in [-0.25, -0.2) is 4.98 Å². The lowest BCUT2D eigenvalue weighted by Gasteiger charge is -2.16. The van der Waals surface area contributed by atoms with E-state index >= 15 is 0 Å². The normalized spacial score (nSPS) is 29.4. The van der Waals surface area contributed by atoms with E-state index in [1.807, 2.05) is 0 Å². The Labute approximate surface area is 147 Å². The maximum absolute atomic E-state index is 10.2. The molecule has 134 valence electrons. The molecule has 0 bridgehead atoms. The van der Waals surface area contributed by atoms with Crippen molar-refractivity contribution < 1.29 is 20.1 Å². The summed E-state index contributed by atoms with van der Waals surface area (Å²) in [5.74, 6) is 0.480. The summed E-state index contributed by atoms with van der Waals surface area (Å²) in [6.07, 6.45) is 2.34. The minimum Gasteiger partial charge on any atom is -0.394 e. The highest BCUT2D eigenvalue weighted by Crippen LogP contribution is 2.33. The molecule has 3 heterocycles. The molecule has 9 nitrogen and oxygen atoms in total. The zero-order valence-electron chi connectivity index (χ0n) is 13.2. The molecule has 0 saturated carbocycles. The van der Waals surface area contributed by atoms with Crippen LogP contribution in [0.4, 0.5) is 5.82 Å². The minimum atomic E-state index is -1.22. The highest BCUT2D eigenvalue weighted by Gasteiger charge is 2.44. The van der Waals surface area contributed by atoms with Crippen LogP contribution < -0.4 is 5.32 Å². The van der Waals surface area contributed by atoms with E-state index in [9.17, 15) is 15.3 Å². The third kappa shape index (κ3) is 2.87. The fraction of sp³-hybridized carbons (Fsp3) is 0.533. The summed E-state index contributed by atoms with van der Waals surface area (Å²) >= 11 is 6.05. The zero-order valence-corrected chi connectivity index (χ0v) is 14.0. The van der Waals surface area contributed by atoms with Crippen LogP contribution in [0.15, 0.2) is 18.1 Å². The van der Waals surface area contributed by atoms with Crippen molar-refractivity contribution in [2.75, 3.05) is 11.9 Å². The lowest BCUT2D eigenvalue weighted by Crippen LogP contribution is -2.33. The van der Waals surface area contributed by atoms with Crippen molar-refractivity contribution in [3.63, 3.8) is 0 Å². The molecule has 0 unspecified atom stereocenters. The first-order valence-corrected chi connectivity index (χ1v) is 8.45. The standard InChI is InChI=1S/C15H18ClN5O4/c16-15-19-12(18-7-3-1-2-4-7)9-13(20-15)21(6-17-9)14-11(24)10(23)8(5-22)25-14/h3,6,8,10-11,14,22-24H,1-2,4-5H2,(H,18,19,20)/t8-,10-,11-,14-/m1/s1. The molecular weight excluding hydrogens is 350 g/mol. The van der Waals surface area contributed by atoms with Crippen molar-refractivity contribution in [2.24, 2.45) is 0 Å². The van der Waals surface area contributed by atoms with Gasteiger partial charge in [0.25, 0.3) is 0 Å². The van der Waals surface area contributed by atoms with Crippen molar-refractivity contribution in [2.45, 2.75) is 43.8 Å². The molecule has 1 fully saturated rings. The van der Waals surface area contributed by atoms with E-state index in [1.54, 1.807) is 0 Å². The summed E-state index contributed by atoms with van der Waals surface area (Å²) in [6, 6.07) is 0. The van der Waals surface area contributed by atoms with E-state index in [0.29, 0.717) is 17.0 Å². The summed E-state index contributed by atoms with van der Waals surface area (Å²) < 4.78 is 7.03. The molecule has 1 saturated heterocycles. The molecule has 0 spiro atoms. The van der Waals surface area contributed by atoms with E-state index in [-0.39, 0.29) is 5.28 Å². The number of anilines is 1. The van der Waals surface area contributed by atoms with Crippen molar-refractivity contribution in [3.8, 4) is 0 Å². The summed E-state index contributed by atoms with van der Waals surface area (Å²) in [4.78, 5) is 12.7. The third-order valence-corrected chi connectivity index (χ3v) is 4.67. The number of rotatable bonds is 4. The monoisotopic (exact) mass is 367 g/mol. The van der Waals surface area contributed by atoms with Crippen LogP contribution in [0.25, 0.3) is 11.2 Å². The van der Waals surface area contributed by atoms with Gasteiger partial charge in [-0.05, 0) is 30.9 Å². The van der Waals surface area contributed by atoms with Gasteiger partial charge in [-0.3, -0.25) is 4.57 Å². The van der Waals surface area contributed by atoms with E-state index < -0.39 is 31.1 Å². The van der Waals surface area contributed by atoms with Crippen LogP contribution >= 0.6 is 11.6 Å². The number of imidazole rings is 1. The lowest BCUT2D eigenvalue weighted by molar-refractivity contribution is -0.0511. The molecule has 2 aromatic rings. The summed E-state index contributed by atoms with van der Waals surface area (Å²) in [6.45, 7) is -0.405. The van der Waals surface area contributed by atoms with Crippen LogP contribution in [-0.4, -0.2) is 59.8 Å². The Hall–Kier alpha value is -1.78. The van der Waals surface area contributed by atoms with Crippen LogP contribution in [0.5, 0.6) is 0 Å². The summed E-state index contributed by atoms with van der Waals surface area (Å²) in [5.41, 5.74) is 1.91. The zero-order chi connectivity index (χ0) is 17.6. The number of hydrogen-bond donors (Lipinski definition) is 4. The molecule has 25 heavy (non-hydrogen) atoms. The molecule has 4 atom stereocenters. The first-order chi connectivity index (χ1) is 12.1. The maximum atomic E-state index is 10.2. The molecule has 2 aliphatic rings. The predicted molar refractivity (Wildman–Crippen MR) is 88.9 cm³/mol. The highest BCUT2D eigenvalue weighted by atomic mass is 35.5. The van der Waals surface area contributed by atoms with Gasteiger partial charge >= 0.3 is 0 Å². The van der Waals surface area contributed by atoms with Crippen LogP contribution in [0.3, 0.4) is 0 Å². The van der Waals surface area contributed by atoms with Gasteiger partial charge in [-0.15, -0.1) is 0 Å². The molecule has 1 aliphatic heterocycles. The topological polar surface area (TPSA) is 126 Å². The Morgan fingerprint density at radius 2 is 2.16 bits per heavy atom. The molecule has 1 aliphatic carbocycles. The molecule has 4 N–H and O–H groups in total. The fourth-order valence-electron chi connectivity index (χ4n) is 3.21. The molecule has 10 heteroatoms. The molecule has 0 amide bonds. The average Bonchev–Trinajstić information content (AvgIpc) is 3.29. The number of nitrogens with zero attached hydrogens (tertiary/aromatic N) is 4. The highest BCUT2D eigenvalue weighted by molar-refractivity contribution is 6.28. The van der Waals surface area contributed by atoms with Crippen molar-refractivity contribution in [1.82, 2.24) is 19.5 Å². The molecule has 2 aromatic heterocycles. The van der Waals surface area contributed by atoms with Crippen molar-refractivity contribution in [3.05, 3.63) is 23.4 Å². The Morgan fingerprint density at radius 1 is 1.32 bits per heavy atom. The Bertz CT molecular complexity index is 826. The van der Waals surface area contributed by atoms with Crippen LogP contribution in [0.1, 0.15) is 25.5 Å². The second kappa shape index (κ2) is 6.50. The average molecular weight is 368 g/mol. The van der Waals surface area contributed by atoms with Gasteiger partial charge in [-0.2, -0.15) is 9.97 Å². The third-order valence-electron chi connectivity index (χ3n) is 4.51. The van der Waals surface area contributed by atoms with E-state index in [0.717, 1.165) is 25.0 Å². The number of aliphatic hydroxyl groups excluding tert-OH is 3. The van der Waals surface area contributed by atoms with Gasteiger partial charge in [0.2, 0.25) is 5.28 Å². The first-order valence-electron chi connectivity index (χ1n) is 8.07. The molecular formula is C15H18ClN5O4. The van der Waals surface area contributed by atoms with Crippen molar-refractivity contribution in [1.29, 1.82) is 0 Å². The number of allylic oxidation sites excluding steroid dienone is 2. The van der Waals surface area contributed by atoms with Gasteiger partial charge in [0.05, 0.1) is 12.9 Å². The summed E-state index contributed by atoms with van der Waals surface area (Å²) in [7, 11) is 0. The van der Waals surface area contributed by atoms with Crippen LogP contribution in [0, 0.1) is 0 Å². The van der Waals surface area contributed by atoms with Gasteiger partial charge < -0.3 is 25.4 Å². The number of ether oxygens (including phenoxy) is 1. The summed E-state index contributed by atoms with van der Waals surface area (Å²) in [5, 5.41) is 32.7. The van der Waals surface area contributed by atoms with Gasteiger partial charge in [0.15, 0.2) is 23.2 Å². The first kappa shape index (κ1) is 16.7.